The van der Waals surface area contributed by atoms with E-state index in [1.807, 2.05) is 13.8 Å². The molecule has 28 heavy (non-hydrogen) atoms. The average Bonchev–Trinajstić information content (AvgIpc) is 2.65. The molecule has 0 aromatic heterocycles. The van der Waals surface area contributed by atoms with Gasteiger partial charge in [0.15, 0.2) is 0 Å². The number of halogens is 2. The van der Waals surface area contributed by atoms with E-state index in [-0.39, 0.29) is 5.92 Å². The zero-order valence-electron chi connectivity index (χ0n) is 15.7. The van der Waals surface area contributed by atoms with Crippen LogP contribution in [0.2, 0.25) is 10.0 Å². The number of hydrogen-bond donors (Lipinski definition) is 2. The second-order valence-electron chi connectivity index (χ2n) is 6.33. The number of hydrogen-bond acceptors (Lipinski definition) is 4. The minimum absolute atomic E-state index is 0.154. The number of amides is 2. The first-order valence-corrected chi connectivity index (χ1v) is 9.30. The minimum atomic E-state index is -0.773. The lowest BCUT2D eigenvalue weighted by atomic mass is 10.0. The third kappa shape index (κ3) is 5.97. The number of carbonyl (C=O) groups excluding carboxylic acids is 2. The molecule has 2 N–H and O–H groups in total. The average molecular weight is 422 g/mol. The molecule has 2 aromatic carbocycles. The topological polar surface area (TPSA) is 79.8 Å². The molecule has 8 heteroatoms. The van der Waals surface area contributed by atoms with Gasteiger partial charge in [0.1, 0.15) is 11.8 Å². The minimum Gasteiger partial charge on any atom is -0.496 e. The number of benzene rings is 2. The number of methoxy groups -OCH3 is 1. The highest BCUT2D eigenvalue weighted by Crippen LogP contribution is 2.20. The maximum atomic E-state index is 12.5. The summed E-state index contributed by atoms with van der Waals surface area (Å²) in [5, 5.41) is 7.62. The fourth-order valence-corrected chi connectivity index (χ4v) is 2.80. The number of ether oxygens (including phenoxy) is 1. The van der Waals surface area contributed by atoms with Crippen molar-refractivity contribution in [3.05, 3.63) is 63.6 Å². The molecule has 148 valence electrons. The SMILES string of the molecule is COc1ccc(Cl)cc1/C=N\NC(=O)C(NC(=O)c1cccc(Cl)c1)C(C)C. The lowest BCUT2D eigenvalue weighted by Gasteiger charge is -2.20. The zero-order chi connectivity index (χ0) is 20.7. The van der Waals surface area contributed by atoms with Crippen molar-refractivity contribution < 1.29 is 14.3 Å². The second-order valence-corrected chi connectivity index (χ2v) is 7.20. The maximum Gasteiger partial charge on any atom is 0.262 e. The highest BCUT2D eigenvalue weighted by molar-refractivity contribution is 6.31. The fourth-order valence-electron chi connectivity index (χ4n) is 2.43. The van der Waals surface area contributed by atoms with Gasteiger partial charge >= 0.3 is 0 Å². The number of nitrogens with one attached hydrogen (secondary N) is 2. The van der Waals surface area contributed by atoms with Crippen LogP contribution in [0, 0.1) is 5.92 Å². The van der Waals surface area contributed by atoms with E-state index in [1.165, 1.54) is 19.4 Å². The van der Waals surface area contributed by atoms with Crippen LogP contribution >= 0.6 is 23.2 Å². The normalized spacial score (nSPS) is 12.1. The van der Waals surface area contributed by atoms with Crippen LogP contribution in [0.4, 0.5) is 0 Å². The zero-order valence-corrected chi connectivity index (χ0v) is 17.2. The van der Waals surface area contributed by atoms with Crippen LogP contribution in [0.5, 0.6) is 5.75 Å². The van der Waals surface area contributed by atoms with Crippen molar-refractivity contribution in [2.45, 2.75) is 19.9 Å². The molecule has 0 heterocycles. The van der Waals surface area contributed by atoms with Gasteiger partial charge in [-0.1, -0.05) is 43.1 Å². The van der Waals surface area contributed by atoms with Crippen LogP contribution in [0.25, 0.3) is 0 Å². The van der Waals surface area contributed by atoms with Crippen molar-refractivity contribution in [1.29, 1.82) is 0 Å². The molecule has 0 aliphatic heterocycles. The summed E-state index contributed by atoms with van der Waals surface area (Å²) >= 11 is 11.9. The van der Waals surface area contributed by atoms with E-state index in [4.69, 9.17) is 27.9 Å². The molecular weight excluding hydrogens is 401 g/mol. The molecule has 2 aromatic rings. The Balaban J connectivity index is 2.07. The van der Waals surface area contributed by atoms with Crippen LogP contribution in [-0.4, -0.2) is 31.2 Å². The van der Waals surface area contributed by atoms with E-state index in [0.717, 1.165) is 0 Å². The summed E-state index contributed by atoms with van der Waals surface area (Å²) in [5.74, 6) is -0.421. The molecule has 0 aliphatic carbocycles. The van der Waals surface area contributed by atoms with Crippen LogP contribution < -0.4 is 15.5 Å². The number of carbonyl (C=O) groups is 2. The first kappa shape index (κ1) is 21.7. The van der Waals surface area contributed by atoms with E-state index < -0.39 is 17.9 Å². The Labute approximate surface area is 173 Å². The number of rotatable bonds is 7. The van der Waals surface area contributed by atoms with Gasteiger partial charge in [-0.2, -0.15) is 5.10 Å². The van der Waals surface area contributed by atoms with E-state index in [0.29, 0.717) is 26.9 Å². The third-order valence-electron chi connectivity index (χ3n) is 3.89. The molecule has 2 rings (SSSR count). The first-order valence-electron chi connectivity index (χ1n) is 8.54. The third-order valence-corrected chi connectivity index (χ3v) is 4.36. The van der Waals surface area contributed by atoms with Crippen molar-refractivity contribution in [3.8, 4) is 5.75 Å². The highest BCUT2D eigenvalue weighted by atomic mass is 35.5. The first-order chi connectivity index (χ1) is 13.3. The monoisotopic (exact) mass is 421 g/mol. The molecule has 0 fully saturated rings. The van der Waals surface area contributed by atoms with Crippen LogP contribution in [0.3, 0.4) is 0 Å². The summed E-state index contributed by atoms with van der Waals surface area (Å²) in [6.45, 7) is 3.65. The molecule has 0 bridgehead atoms. The second kappa shape index (κ2) is 10.1. The smallest absolute Gasteiger partial charge is 0.262 e. The lowest BCUT2D eigenvalue weighted by Crippen LogP contribution is -2.48. The predicted molar refractivity (Wildman–Crippen MR) is 111 cm³/mol. The Hall–Kier alpha value is -2.57. The van der Waals surface area contributed by atoms with Gasteiger partial charge in [0.2, 0.25) is 0 Å². The van der Waals surface area contributed by atoms with E-state index >= 15 is 0 Å². The molecule has 0 saturated carbocycles. The van der Waals surface area contributed by atoms with Gasteiger partial charge in [0.25, 0.3) is 11.8 Å². The van der Waals surface area contributed by atoms with Gasteiger partial charge in [-0.15, -0.1) is 0 Å². The summed E-state index contributed by atoms with van der Waals surface area (Å²) in [7, 11) is 1.53. The van der Waals surface area contributed by atoms with Gasteiger partial charge < -0.3 is 10.1 Å². The number of nitrogens with zero attached hydrogens (tertiary/aromatic N) is 1. The summed E-state index contributed by atoms with van der Waals surface area (Å²) in [4.78, 5) is 24.9. The molecule has 0 aliphatic rings. The van der Waals surface area contributed by atoms with Gasteiger partial charge in [-0.05, 0) is 42.3 Å². The van der Waals surface area contributed by atoms with Crippen molar-refractivity contribution >= 4 is 41.2 Å². The Morgan fingerprint density at radius 3 is 2.46 bits per heavy atom. The maximum absolute atomic E-state index is 12.5. The molecule has 0 radical (unpaired) electrons. The summed E-state index contributed by atoms with van der Waals surface area (Å²) in [5.41, 5.74) is 3.43. The van der Waals surface area contributed by atoms with Crippen molar-refractivity contribution in [2.75, 3.05) is 7.11 Å². The quantitative estimate of drug-likeness (QED) is 0.525. The standard InChI is InChI=1S/C20H21Cl2N3O3/c1-12(2)18(24-19(26)13-5-4-6-15(21)9-13)20(27)25-23-11-14-10-16(22)7-8-17(14)28-3/h4-12,18H,1-3H3,(H,24,26)(H,25,27)/b23-11-. The Morgan fingerprint density at radius 1 is 1.11 bits per heavy atom. The van der Waals surface area contributed by atoms with Crippen LogP contribution in [0.1, 0.15) is 29.8 Å². The summed E-state index contributed by atoms with van der Waals surface area (Å²) in [6.07, 6.45) is 1.43. The van der Waals surface area contributed by atoms with Gasteiger partial charge in [-0.25, -0.2) is 5.43 Å². The molecular formula is C20H21Cl2N3O3. The highest BCUT2D eigenvalue weighted by Gasteiger charge is 2.24. The number of hydrazone groups is 1. The van der Waals surface area contributed by atoms with E-state index in [9.17, 15) is 9.59 Å². The van der Waals surface area contributed by atoms with Gasteiger partial charge in [0, 0.05) is 21.2 Å². The van der Waals surface area contributed by atoms with Crippen molar-refractivity contribution in [2.24, 2.45) is 11.0 Å². The van der Waals surface area contributed by atoms with Crippen LogP contribution in [0.15, 0.2) is 47.6 Å². The van der Waals surface area contributed by atoms with E-state index in [2.05, 4.69) is 15.8 Å². The Morgan fingerprint density at radius 2 is 1.82 bits per heavy atom. The Kier molecular flexibility index (Phi) is 7.84. The fraction of sp³-hybridized carbons (Fsp3) is 0.250. The largest absolute Gasteiger partial charge is 0.496 e. The van der Waals surface area contributed by atoms with Crippen molar-refractivity contribution in [1.82, 2.24) is 10.7 Å². The van der Waals surface area contributed by atoms with Gasteiger partial charge in [-0.3, -0.25) is 9.59 Å². The molecule has 0 saturated heterocycles. The molecule has 2 amide bonds. The lowest BCUT2D eigenvalue weighted by molar-refractivity contribution is -0.123. The molecule has 0 spiro atoms. The van der Waals surface area contributed by atoms with E-state index in [1.54, 1.807) is 36.4 Å². The summed E-state index contributed by atoms with van der Waals surface area (Å²) in [6, 6.07) is 10.8. The summed E-state index contributed by atoms with van der Waals surface area (Å²) < 4.78 is 5.22. The Bertz CT molecular complexity index is 885. The molecule has 1 unspecified atom stereocenters. The van der Waals surface area contributed by atoms with Gasteiger partial charge in [0.05, 0.1) is 13.3 Å². The predicted octanol–water partition coefficient (Wildman–Crippen LogP) is 3.91. The van der Waals surface area contributed by atoms with Crippen molar-refractivity contribution in [3.63, 3.8) is 0 Å². The van der Waals surface area contributed by atoms with Crippen LogP contribution in [-0.2, 0) is 4.79 Å². The molecule has 6 nitrogen and oxygen atoms in total. The molecule has 1 atom stereocenters.